The molecule has 1 radical (unpaired) electrons. The first kappa shape index (κ1) is 8.24. The van der Waals surface area contributed by atoms with Gasteiger partial charge < -0.3 is 0 Å². The Bertz CT molecular complexity index is 355. The van der Waals surface area contributed by atoms with Crippen molar-refractivity contribution in [3.63, 3.8) is 0 Å². The Morgan fingerprint density at radius 2 is 2.09 bits per heavy atom. The molecule has 0 unspecified atom stereocenters. The zero-order valence-corrected chi connectivity index (χ0v) is 6.87. The van der Waals surface area contributed by atoms with Gasteiger partial charge >= 0.3 is 0 Å². The minimum Gasteiger partial charge on any atom is -0.197 e. The number of aromatic nitrogens is 3. The van der Waals surface area contributed by atoms with Crippen LogP contribution in [0, 0.1) is 6.92 Å². The molecule has 0 amide bonds. The maximum Gasteiger partial charge on any atom is 0.115 e. The van der Waals surface area contributed by atoms with Gasteiger partial charge in [-0.15, -0.1) is 0 Å². The van der Waals surface area contributed by atoms with Crippen LogP contribution in [0.5, 0.6) is 0 Å². The summed E-state index contributed by atoms with van der Waals surface area (Å²) in [5, 5.41) is 10.5. The Kier molecular flexibility index (Phi) is 2.27. The molecule has 0 aliphatic heterocycles. The van der Waals surface area contributed by atoms with Crippen molar-refractivity contribution in [1.29, 1.82) is 0 Å². The number of hydrogen-bond donors (Lipinski definition) is 1. The smallest absolute Gasteiger partial charge is 0.115 e. The minimum atomic E-state index is 0. The molecule has 4 heteroatoms. The van der Waals surface area contributed by atoms with Crippen molar-refractivity contribution in [2.75, 3.05) is 0 Å². The van der Waals surface area contributed by atoms with Gasteiger partial charge in [-0.2, -0.15) is 15.4 Å². The van der Waals surface area contributed by atoms with Gasteiger partial charge in [0.2, 0.25) is 0 Å². The molecule has 1 N–H and O–H groups in total. The number of aryl methyl sites for hydroxylation is 1. The number of hydrogen-bond acceptors (Lipinski definition) is 2. The van der Waals surface area contributed by atoms with E-state index < -0.39 is 0 Å². The molecule has 0 aliphatic rings. The van der Waals surface area contributed by atoms with Crippen molar-refractivity contribution in [1.82, 2.24) is 15.4 Å². The summed E-state index contributed by atoms with van der Waals surface area (Å²) in [5.41, 5.74) is 3.05. The number of nitrogens with zero attached hydrogens (tertiary/aromatic N) is 2. The maximum atomic E-state index is 3.98. The van der Waals surface area contributed by atoms with Gasteiger partial charge in [0.1, 0.15) is 11.0 Å². The van der Waals surface area contributed by atoms with Crippen molar-refractivity contribution in [3.8, 4) is 0 Å². The van der Waals surface area contributed by atoms with Gasteiger partial charge in [0, 0.05) is 17.1 Å². The average molecular weight is 197 g/mol. The number of nitrogens with one attached hydrogen (secondary N) is 1. The van der Waals surface area contributed by atoms with E-state index in [9.17, 15) is 0 Å². The molecule has 3 nitrogen and oxygen atoms in total. The fourth-order valence-electron chi connectivity index (χ4n) is 1.01. The zero-order valence-electron chi connectivity index (χ0n) is 5.93. The van der Waals surface area contributed by atoms with Crippen molar-refractivity contribution in [3.05, 3.63) is 23.8 Å². The van der Waals surface area contributed by atoms with Gasteiger partial charge in [-0.05, 0) is 18.6 Å². The summed E-state index contributed by atoms with van der Waals surface area (Å²) in [6.07, 6.45) is 0. The molecule has 0 atom stereocenters. The fraction of sp³-hybridized carbons (Fsp3) is 0.143. The molecule has 0 bridgehead atoms. The molecular weight excluding hydrogens is 190 g/mol. The van der Waals surface area contributed by atoms with Crippen LogP contribution in [0.3, 0.4) is 0 Å². The van der Waals surface area contributed by atoms with E-state index in [2.05, 4.69) is 15.4 Å². The predicted molar refractivity (Wildman–Crippen MR) is 38.6 cm³/mol. The van der Waals surface area contributed by atoms with E-state index >= 15 is 0 Å². The number of fused-ring (bicyclic) bond motifs is 1. The van der Waals surface area contributed by atoms with Crippen LogP contribution in [-0.2, 0) is 17.1 Å². The van der Waals surface area contributed by atoms with E-state index in [-0.39, 0.29) is 17.1 Å². The molecule has 0 spiro atoms. The normalized spacial score (nSPS) is 9.55. The summed E-state index contributed by atoms with van der Waals surface area (Å²) in [7, 11) is 0. The van der Waals surface area contributed by atoms with E-state index in [1.807, 2.05) is 25.1 Å². The van der Waals surface area contributed by atoms with E-state index in [4.69, 9.17) is 0 Å². The van der Waals surface area contributed by atoms with E-state index in [1.165, 1.54) is 0 Å². The maximum absolute atomic E-state index is 3.98. The van der Waals surface area contributed by atoms with Crippen LogP contribution >= 0.6 is 0 Å². The van der Waals surface area contributed by atoms with Crippen LogP contribution in [0.15, 0.2) is 18.2 Å². The molecule has 1 aromatic heterocycles. The first-order valence-corrected chi connectivity index (χ1v) is 3.14. The molecular formula is C7H7CuN3. The van der Waals surface area contributed by atoms with E-state index in [0.717, 1.165) is 16.6 Å². The number of H-pyrrole nitrogens is 1. The van der Waals surface area contributed by atoms with Gasteiger partial charge in [0.05, 0.1) is 0 Å². The third-order valence-corrected chi connectivity index (χ3v) is 1.55. The summed E-state index contributed by atoms with van der Waals surface area (Å²) < 4.78 is 0. The van der Waals surface area contributed by atoms with Crippen molar-refractivity contribution < 1.29 is 17.1 Å². The Labute approximate surface area is 74.7 Å². The topological polar surface area (TPSA) is 41.6 Å². The second-order valence-corrected chi connectivity index (χ2v) is 2.27. The third-order valence-electron chi connectivity index (χ3n) is 1.55. The van der Waals surface area contributed by atoms with Gasteiger partial charge in [-0.25, -0.2) is 0 Å². The molecule has 0 saturated carbocycles. The Hall–Kier alpha value is -0.861. The molecule has 1 heterocycles. The van der Waals surface area contributed by atoms with Crippen LogP contribution in [-0.4, -0.2) is 15.4 Å². The molecule has 11 heavy (non-hydrogen) atoms. The predicted octanol–water partition coefficient (Wildman–Crippen LogP) is 1.26. The number of benzene rings is 1. The number of rotatable bonds is 0. The van der Waals surface area contributed by atoms with E-state index in [1.54, 1.807) is 0 Å². The summed E-state index contributed by atoms with van der Waals surface area (Å²) >= 11 is 0. The van der Waals surface area contributed by atoms with Gasteiger partial charge in [-0.3, -0.25) is 0 Å². The Balaban J connectivity index is 0.000000605. The summed E-state index contributed by atoms with van der Waals surface area (Å²) in [5.74, 6) is 0. The number of aromatic amines is 1. The van der Waals surface area contributed by atoms with Gasteiger partial charge in [0.25, 0.3) is 0 Å². The SMILES string of the molecule is Cc1cccc2n[nH]nc12.[Cu]. The molecule has 2 aromatic rings. The largest absolute Gasteiger partial charge is 0.197 e. The van der Waals surface area contributed by atoms with Crippen LogP contribution in [0.4, 0.5) is 0 Å². The molecule has 0 aliphatic carbocycles. The first-order valence-electron chi connectivity index (χ1n) is 3.14. The number of para-hydroxylation sites is 1. The third kappa shape index (κ3) is 1.27. The summed E-state index contributed by atoms with van der Waals surface area (Å²) in [4.78, 5) is 0. The monoisotopic (exact) mass is 196 g/mol. The molecule has 61 valence electrons. The minimum absolute atomic E-state index is 0. The van der Waals surface area contributed by atoms with Crippen LogP contribution in [0.2, 0.25) is 0 Å². The van der Waals surface area contributed by atoms with Crippen LogP contribution < -0.4 is 0 Å². The van der Waals surface area contributed by atoms with Crippen LogP contribution in [0.25, 0.3) is 11.0 Å². The van der Waals surface area contributed by atoms with Crippen LogP contribution in [0.1, 0.15) is 5.56 Å². The van der Waals surface area contributed by atoms with Gasteiger partial charge in [-0.1, -0.05) is 12.1 Å². The van der Waals surface area contributed by atoms with Gasteiger partial charge in [0.15, 0.2) is 0 Å². The van der Waals surface area contributed by atoms with Crippen molar-refractivity contribution in [2.45, 2.75) is 6.92 Å². The molecule has 2 rings (SSSR count). The molecule has 0 fully saturated rings. The summed E-state index contributed by atoms with van der Waals surface area (Å²) in [6, 6.07) is 5.93. The molecule has 1 aromatic carbocycles. The second-order valence-electron chi connectivity index (χ2n) is 2.27. The quantitative estimate of drug-likeness (QED) is 0.645. The average Bonchev–Trinajstić information content (AvgIpc) is 2.36. The summed E-state index contributed by atoms with van der Waals surface area (Å²) in [6.45, 7) is 2.02. The molecule has 0 saturated heterocycles. The Morgan fingerprint density at radius 3 is 2.82 bits per heavy atom. The van der Waals surface area contributed by atoms with Crippen molar-refractivity contribution in [2.24, 2.45) is 0 Å². The first-order chi connectivity index (χ1) is 4.88. The van der Waals surface area contributed by atoms with E-state index in [0.29, 0.717) is 0 Å². The second kappa shape index (κ2) is 3.03. The van der Waals surface area contributed by atoms with Crippen molar-refractivity contribution >= 4 is 11.0 Å². The zero-order chi connectivity index (χ0) is 6.97. The standard InChI is InChI=1S/C7H7N3.Cu/c1-5-3-2-4-6-7(5)9-10-8-6;/h2-4H,1H3,(H,8,9,10);. The Morgan fingerprint density at radius 1 is 1.27 bits per heavy atom. The fourth-order valence-corrected chi connectivity index (χ4v) is 1.01.